The number of aliphatic hydroxyl groups is 2. The summed E-state index contributed by atoms with van der Waals surface area (Å²) in [7, 11) is 0. The molecule has 0 atom stereocenters. The number of aliphatic hydroxyl groups excluding tert-OH is 2. The standard InChI is InChI=1S/C15H18N4O4S/c20-8-15(9-21)2-5-19(6-3-15)13-16-4-1-10(17-13)7-11-12(22)18-14(23)24-11/h1,4,7,20-21H,2-3,5-6,8-9H2,(H,18,22,23)/b11-7-. The van der Waals surface area contributed by atoms with Gasteiger partial charge in [-0.15, -0.1) is 0 Å². The second kappa shape index (κ2) is 6.88. The number of carbonyl (C=O) groups is 2. The Morgan fingerprint density at radius 2 is 2.00 bits per heavy atom. The number of anilines is 1. The van der Waals surface area contributed by atoms with Crippen molar-refractivity contribution >= 4 is 34.9 Å². The van der Waals surface area contributed by atoms with E-state index in [1.807, 2.05) is 4.90 Å². The normalized spacial score (nSPS) is 22.1. The van der Waals surface area contributed by atoms with Crippen LogP contribution in [0.2, 0.25) is 0 Å². The molecule has 24 heavy (non-hydrogen) atoms. The van der Waals surface area contributed by atoms with Crippen LogP contribution in [0.15, 0.2) is 17.2 Å². The smallest absolute Gasteiger partial charge is 0.290 e. The highest BCUT2D eigenvalue weighted by Crippen LogP contribution is 2.32. The van der Waals surface area contributed by atoms with E-state index in [0.717, 1.165) is 11.8 Å². The maximum atomic E-state index is 11.6. The Morgan fingerprint density at radius 1 is 1.29 bits per heavy atom. The van der Waals surface area contributed by atoms with Crippen LogP contribution in [0, 0.1) is 5.41 Å². The lowest BCUT2D eigenvalue weighted by molar-refractivity contribution is -0.115. The Bertz CT molecular complexity index is 680. The Kier molecular flexibility index (Phi) is 4.83. The van der Waals surface area contributed by atoms with Crippen molar-refractivity contribution in [1.82, 2.24) is 15.3 Å². The van der Waals surface area contributed by atoms with Crippen LogP contribution in [0.4, 0.5) is 10.7 Å². The maximum Gasteiger partial charge on any atom is 0.290 e. The average Bonchev–Trinajstić information content (AvgIpc) is 2.92. The molecule has 0 spiro atoms. The molecule has 128 valence electrons. The second-order valence-electron chi connectivity index (χ2n) is 5.94. The minimum Gasteiger partial charge on any atom is -0.396 e. The zero-order valence-corrected chi connectivity index (χ0v) is 13.8. The number of piperidine rings is 1. The number of thioether (sulfide) groups is 1. The Morgan fingerprint density at radius 3 is 2.58 bits per heavy atom. The number of imide groups is 1. The maximum absolute atomic E-state index is 11.6. The first kappa shape index (κ1) is 16.9. The van der Waals surface area contributed by atoms with Crippen LogP contribution in [0.3, 0.4) is 0 Å². The Balaban J connectivity index is 1.74. The van der Waals surface area contributed by atoms with Gasteiger partial charge in [0.1, 0.15) is 0 Å². The molecule has 3 rings (SSSR count). The van der Waals surface area contributed by atoms with E-state index in [2.05, 4.69) is 15.3 Å². The molecule has 0 radical (unpaired) electrons. The summed E-state index contributed by atoms with van der Waals surface area (Å²) in [6.45, 7) is 1.19. The Hall–Kier alpha value is -1.97. The number of amides is 2. The highest BCUT2D eigenvalue weighted by molar-refractivity contribution is 8.18. The van der Waals surface area contributed by atoms with Gasteiger partial charge in [0.25, 0.3) is 11.1 Å². The molecule has 8 nitrogen and oxygen atoms in total. The van der Waals surface area contributed by atoms with Gasteiger partial charge in [0, 0.05) is 24.7 Å². The monoisotopic (exact) mass is 350 g/mol. The summed E-state index contributed by atoms with van der Waals surface area (Å²) in [5.74, 6) is 0.113. The van der Waals surface area contributed by atoms with Gasteiger partial charge in [-0.25, -0.2) is 9.97 Å². The third-order valence-corrected chi connectivity index (χ3v) is 5.17. The van der Waals surface area contributed by atoms with Crippen LogP contribution in [0.1, 0.15) is 18.5 Å². The molecule has 1 aromatic rings. The molecule has 0 saturated carbocycles. The van der Waals surface area contributed by atoms with Crippen molar-refractivity contribution in [2.45, 2.75) is 12.8 Å². The van der Waals surface area contributed by atoms with Crippen molar-refractivity contribution in [3.05, 3.63) is 22.9 Å². The van der Waals surface area contributed by atoms with Crippen LogP contribution >= 0.6 is 11.8 Å². The predicted octanol–water partition coefficient (Wildman–Crippen LogP) is 0.372. The molecule has 2 saturated heterocycles. The molecule has 2 aliphatic heterocycles. The van der Waals surface area contributed by atoms with Gasteiger partial charge in [-0.2, -0.15) is 0 Å². The SMILES string of the molecule is O=C1NC(=O)/C(=C/c2ccnc(N3CCC(CO)(CO)CC3)n2)S1. The lowest BCUT2D eigenvalue weighted by Gasteiger charge is -2.39. The van der Waals surface area contributed by atoms with Gasteiger partial charge in [-0.1, -0.05) is 0 Å². The molecular weight excluding hydrogens is 332 g/mol. The summed E-state index contributed by atoms with van der Waals surface area (Å²) in [6, 6.07) is 1.67. The molecule has 2 fully saturated rings. The van der Waals surface area contributed by atoms with Crippen LogP contribution in [0.5, 0.6) is 0 Å². The number of hydrogen-bond acceptors (Lipinski definition) is 8. The van der Waals surface area contributed by atoms with Gasteiger partial charge in [-0.05, 0) is 36.7 Å². The number of carbonyl (C=O) groups excluding carboxylic acids is 2. The summed E-state index contributed by atoms with van der Waals surface area (Å²) in [5, 5.41) is 20.7. The minimum absolute atomic E-state index is 0.0370. The second-order valence-corrected chi connectivity index (χ2v) is 6.95. The first-order valence-electron chi connectivity index (χ1n) is 7.60. The number of hydrogen-bond donors (Lipinski definition) is 3. The number of rotatable bonds is 4. The van der Waals surface area contributed by atoms with Gasteiger partial charge < -0.3 is 15.1 Å². The predicted molar refractivity (Wildman–Crippen MR) is 89.2 cm³/mol. The zero-order chi connectivity index (χ0) is 17.2. The summed E-state index contributed by atoms with van der Waals surface area (Å²) in [6.07, 6.45) is 4.47. The van der Waals surface area contributed by atoms with Gasteiger partial charge in [0.15, 0.2) is 0 Å². The molecule has 3 N–H and O–H groups in total. The van der Waals surface area contributed by atoms with E-state index in [4.69, 9.17) is 0 Å². The molecule has 1 aromatic heterocycles. The van der Waals surface area contributed by atoms with Crippen LogP contribution in [-0.4, -0.2) is 57.6 Å². The molecule has 9 heteroatoms. The van der Waals surface area contributed by atoms with E-state index in [0.29, 0.717) is 42.5 Å². The lowest BCUT2D eigenvalue weighted by atomic mass is 9.80. The Labute approximate surface area is 143 Å². The summed E-state index contributed by atoms with van der Waals surface area (Å²) < 4.78 is 0. The third-order valence-electron chi connectivity index (χ3n) is 4.36. The minimum atomic E-state index is -0.435. The number of nitrogens with one attached hydrogen (secondary N) is 1. The average molecular weight is 350 g/mol. The third kappa shape index (κ3) is 3.42. The van der Waals surface area contributed by atoms with E-state index in [-0.39, 0.29) is 18.5 Å². The highest BCUT2D eigenvalue weighted by Gasteiger charge is 2.34. The molecule has 3 heterocycles. The van der Waals surface area contributed by atoms with E-state index in [9.17, 15) is 19.8 Å². The lowest BCUT2D eigenvalue weighted by Crippen LogP contribution is -2.44. The van der Waals surface area contributed by atoms with Crippen LogP contribution in [-0.2, 0) is 4.79 Å². The topological polar surface area (TPSA) is 116 Å². The summed E-state index contributed by atoms with van der Waals surface area (Å²) >= 11 is 0.848. The first-order valence-corrected chi connectivity index (χ1v) is 8.41. The van der Waals surface area contributed by atoms with Crippen molar-refractivity contribution in [3.63, 3.8) is 0 Å². The molecular formula is C15H18N4O4S. The molecule has 0 bridgehead atoms. The van der Waals surface area contributed by atoms with E-state index in [1.54, 1.807) is 18.3 Å². The van der Waals surface area contributed by atoms with Crippen LogP contribution in [0.25, 0.3) is 6.08 Å². The quantitative estimate of drug-likeness (QED) is 0.667. The highest BCUT2D eigenvalue weighted by atomic mass is 32.2. The van der Waals surface area contributed by atoms with E-state index < -0.39 is 11.3 Å². The van der Waals surface area contributed by atoms with Crippen molar-refractivity contribution < 1.29 is 19.8 Å². The molecule has 2 amide bonds. The molecule has 0 aromatic carbocycles. The van der Waals surface area contributed by atoms with Gasteiger partial charge in [-0.3, -0.25) is 14.9 Å². The van der Waals surface area contributed by atoms with Gasteiger partial charge >= 0.3 is 0 Å². The fourth-order valence-electron chi connectivity index (χ4n) is 2.70. The van der Waals surface area contributed by atoms with Crippen molar-refractivity contribution in [1.29, 1.82) is 0 Å². The van der Waals surface area contributed by atoms with Gasteiger partial charge in [0.2, 0.25) is 5.95 Å². The van der Waals surface area contributed by atoms with E-state index in [1.165, 1.54) is 0 Å². The summed E-state index contributed by atoms with van der Waals surface area (Å²) in [5.41, 5.74) is 0.114. The number of aromatic nitrogens is 2. The zero-order valence-electron chi connectivity index (χ0n) is 12.9. The first-order chi connectivity index (χ1) is 11.5. The molecule has 0 aliphatic carbocycles. The largest absolute Gasteiger partial charge is 0.396 e. The van der Waals surface area contributed by atoms with Crippen LogP contribution < -0.4 is 10.2 Å². The fourth-order valence-corrected chi connectivity index (χ4v) is 3.36. The molecule has 2 aliphatic rings. The van der Waals surface area contributed by atoms with Gasteiger partial charge in [0.05, 0.1) is 23.8 Å². The number of nitrogens with zero attached hydrogens (tertiary/aromatic N) is 3. The summed E-state index contributed by atoms with van der Waals surface area (Å²) in [4.78, 5) is 33.8. The van der Waals surface area contributed by atoms with E-state index >= 15 is 0 Å². The van der Waals surface area contributed by atoms with Crippen molar-refractivity contribution in [2.75, 3.05) is 31.2 Å². The van der Waals surface area contributed by atoms with Crippen molar-refractivity contribution in [3.8, 4) is 0 Å². The molecule has 0 unspecified atom stereocenters. The van der Waals surface area contributed by atoms with Crippen molar-refractivity contribution in [2.24, 2.45) is 5.41 Å². The fraction of sp³-hybridized carbons (Fsp3) is 0.467.